The van der Waals surface area contributed by atoms with Gasteiger partial charge in [0.15, 0.2) is 5.96 Å². The molecular formula is C24H33IN6. The molecule has 1 saturated heterocycles. The van der Waals surface area contributed by atoms with Crippen LogP contribution in [0.3, 0.4) is 0 Å². The van der Waals surface area contributed by atoms with Crippen molar-refractivity contribution in [2.75, 3.05) is 19.6 Å². The van der Waals surface area contributed by atoms with E-state index in [0.717, 1.165) is 56.3 Å². The van der Waals surface area contributed by atoms with Crippen molar-refractivity contribution in [1.29, 1.82) is 0 Å². The molecule has 3 heterocycles. The molecule has 0 spiro atoms. The molecule has 2 aromatic heterocycles. The SMILES string of the molecule is CCNC(=NCCc1cn2ccccc2n1)NC1CC(C)N(Cc2ccccc2)C1.I. The molecule has 0 bridgehead atoms. The molecule has 1 aromatic carbocycles. The van der Waals surface area contributed by atoms with Gasteiger partial charge in [0.25, 0.3) is 0 Å². The summed E-state index contributed by atoms with van der Waals surface area (Å²) in [5.74, 6) is 0.903. The van der Waals surface area contributed by atoms with E-state index in [1.807, 2.05) is 24.4 Å². The number of hydrogen-bond acceptors (Lipinski definition) is 3. The van der Waals surface area contributed by atoms with Gasteiger partial charge in [0.05, 0.1) is 5.69 Å². The number of halogens is 1. The van der Waals surface area contributed by atoms with Gasteiger partial charge in [0, 0.05) is 57.1 Å². The first-order chi connectivity index (χ1) is 14.7. The van der Waals surface area contributed by atoms with Crippen LogP contribution in [0.15, 0.2) is 65.9 Å². The van der Waals surface area contributed by atoms with E-state index in [0.29, 0.717) is 12.1 Å². The van der Waals surface area contributed by atoms with Gasteiger partial charge >= 0.3 is 0 Å². The van der Waals surface area contributed by atoms with Crippen LogP contribution < -0.4 is 10.6 Å². The van der Waals surface area contributed by atoms with E-state index in [9.17, 15) is 0 Å². The van der Waals surface area contributed by atoms with E-state index in [1.165, 1.54) is 5.56 Å². The third-order valence-electron chi connectivity index (χ3n) is 5.67. The fraction of sp³-hybridized carbons (Fsp3) is 0.417. The number of likely N-dealkylation sites (tertiary alicyclic amines) is 1. The second-order valence-corrected chi connectivity index (χ2v) is 8.05. The number of guanidine groups is 1. The molecule has 1 aliphatic heterocycles. The maximum absolute atomic E-state index is 4.80. The van der Waals surface area contributed by atoms with Crippen molar-refractivity contribution in [3.63, 3.8) is 0 Å². The molecule has 4 rings (SSSR count). The van der Waals surface area contributed by atoms with Crippen LogP contribution in [0.25, 0.3) is 5.65 Å². The second kappa shape index (κ2) is 11.5. The minimum Gasteiger partial charge on any atom is -0.357 e. The van der Waals surface area contributed by atoms with E-state index in [4.69, 9.17) is 4.99 Å². The lowest BCUT2D eigenvalue weighted by Crippen LogP contribution is -2.44. The highest BCUT2D eigenvalue weighted by Gasteiger charge is 2.29. The van der Waals surface area contributed by atoms with Gasteiger partial charge in [-0.2, -0.15) is 0 Å². The highest BCUT2D eigenvalue weighted by Crippen LogP contribution is 2.20. The lowest BCUT2D eigenvalue weighted by atomic mass is 10.2. The molecule has 3 aromatic rings. The van der Waals surface area contributed by atoms with Gasteiger partial charge in [-0.25, -0.2) is 4.98 Å². The van der Waals surface area contributed by atoms with E-state index in [2.05, 4.69) is 75.3 Å². The Kier molecular flexibility index (Phi) is 8.71. The Morgan fingerprint density at radius 1 is 1.16 bits per heavy atom. The molecule has 2 atom stereocenters. The first-order valence-electron chi connectivity index (χ1n) is 11.0. The molecule has 0 radical (unpaired) electrons. The number of fused-ring (bicyclic) bond motifs is 1. The minimum absolute atomic E-state index is 0. The number of pyridine rings is 1. The summed E-state index contributed by atoms with van der Waals surface area (Å²) in [4.78, 5) is 12.0. The summed E-state index contributed by atoms with van der Waals surface area (Å²) in [6.45, 7) is 8.04. The average molecular weight is 532 g/mol. The summed E-state index contributed by atoms with van der Waals surface area (Å²) in [6, 6.07) is 17.8. The molecular weight excluding hydrogens is 499 g/mol. The van der Waals surface area contributed by atoms with Crippen LogP contribution in [0, 0.1) is 0 Å². The van der Waals surface area contributed by atoms with Crippen LogP contribution >= 0.6 is 24.0 Å². The summed E-state index contributed by atoms with van der Waals surface area (Å²) in [6.07, 6.45) is 6.08. The Bertz CT molecular complexity index is 937. The zero-order valence-electron chi connectivity index (χ0n) is 18.4. The Balaban J connectivity index is 0.00000272. The number of aliphatic imine (C=N–C) groups is 1. The number of hydrogen-bond donors (Lipinski definition) is 2. The maximum atomic E-state index is 4.80. The lowest BCUT2D eigenvalue weighted by molar-refractivity contribution is 0.258. The van der Waals surface area contributed by atoms with Crippen molar-refractivity contribution in [2.24, 2.45) is 4.99 Å². The van der Waals surface area contributed by atoms with Crippen molar-refractivity contribution in [3.8, 4) is 0 Å². The standard InChI is InChI=1S/C24H32N6.HI/c1-3-25-24(26-13-12-21-17-29-14-8-7-11-23(29)27-21)28-22-15-19(2)30(18-22)16-20-9-5-4-6-10-20;/h4-11,14,17,19,22H,3,12-13,15-16,18H2,1-2H3,(H2,25,26,28);1H. The highest BCUT2D eigenvalue weighted by atomic mass is 127. The fourth-order valence-electron chi connectivity index (χ4n) is 4.14. The number of aromatic nitrogens is 2. The smallest absolute Gasteiger partial charge is 0.191 e. The predicted molar refractivity (Wildman–Crippen MR) is 138 cm³/mol. The summed E-state index contributed by atoms with van der Waals surface area (Å²) >= 11 is 0. The third kappa shape index (κ3) is 6.43. The van der Waals surface area contributed by atoms with Gasteiger partial charge in [-0.1, -0.05) is 36.4 Å². The van der Waals surface area contributed by atoms with E-state index >= 15 is 0 Å². The Morgan fingerprint density at radius 3 is 2.74 bits per heavy atom. The quantitative estimate of drug-likeness (QED) is 0.277. The summed E-state index contributed by atoms with van der Waals surface area (Å²) in [5.41, 5.74) is 3.43. The van der Waals surface area contributed by atoms with Crippen LogP contribution in [0.5, 0.6) is 0 Å². The van der Waals surface area contributed by atoms with E-state index < -0.39 is 0 Å². The number of imidazole rings is 1. The van der Waals surface area contributed by atoms with Gasteiger partial charge in [-0.15, -0.1) is 24.0 Å². The van der Waals surface area contributed by atoms with Gasteiger partial charge in [-0.05, 0) is 38.0 Å². The molecule has 166 valence electrons. The molecule has 0 amide bonds. The first-order valence-corrected chi connectivity index (χ1v) is 11.0. The van der Waals surface area contributed by atoms with Crippen molar-refractivity contribution in [2.45, 2.75) is 45.3 Å². The maximum Gasteiger partial charge on any atom is 0.191 e. The normalized spacial score (nSPS) is 19.4. The number of benzene rings is 1. The Labute approximate surface area is 202 Å². The lowest BCUT2D eigenvalue weighted by Gasteiger charge is -2.21. The average Bonchev–Trinajstić information content (AvgIpc) is 3.31. The predicted octanol–water partition coefficient (Wildman–Crippen LogP) is 3.71. The highest BCUT2D eigenvalue weighted by molar-refractivity contribution is 14.0. The molecule has 0 aliphatic carbocycles. The molecule has 6 nitrogen and oxygen atoms in total. The van der Waals surface area contributed by atoms with Gasteiger partial charge < -0.3 is 15.0 Å². The van der Waals surface area contributed by atoms with Gasteiger partial charge in [-0.3, -0.25) is 9.89 Å². The van der Waals surface area contributed by atoms with Crippen molar-refractivity contribution in [3.05, 3.63) is 72.2 Å². The summed E-state index contributed by atoms with van der Waals surface area (Å²) < 4.78 is 2.06. The molecule has 31 heavy (non-hydrogen) atoms. The Hall–Kier alpha value is -2.13. The van der Waals surface area contributed by atoms with Crippen LogP contribution in [-0.2, 0) is 13.0 Å². The van der Waals surface area contributed by atoms with Crippen molar-refractivity contribution < 1.29 is 0 Å². The second-order valence-electron chi connectivity index (χ2n) is 8.05. The topological polar surface area (TPSA) is 57.0 Å². The molecule has 7 heteroatoms. The van der Waals surface area contributed by atoms with Crippen LogP contribution in [0.1, 0.15) is 31.5 Å². The molecule has 0 saturated carbocycles. The van der Waals surface area contributed by atoms with Gasteiger partial charge in [0.1, 0.15) is 5.65 Å². The van der Waals surface area contributed by atoms with Crippen LogP contribution in [0.2, 0.25) is 0 Å². The Morgan fingerprint density at radius 2 is 1.97 bits per heavy atom. The number of rotatable bonds is 7. The number of nitrogens with one attached hydrogen (secondary N) is 2. The minimum atomic E-state index is 0. The third-order valence-corrected chi connectivity index (χ3v) is 5.67. The monoisotopic (exact) mass is 532 g/mol. The van der Waals surface area contributed by atoms with Crippen LogP contribution in [0.4, 0.5) is 0 Å². The molecule has 2 unspecified atom stereocenters. The van der Waals surface area contributed by atoms with E-state index in [1.54, 1.807) is 0 Å². The first kappa shape index (κ1) is 23.5. The van der Waals surface area contributed by atoms with Crippen molar-refractivity contribution in [1.82, 2.24) is 24.9 Å². The van der Waals surface area contributed by atoms with Crippen molar-refractivity contribution >= 4 is 35.6 Å². The molecule has 1 aliphatic rings. The summed E-state index contributed by atoms with van der Waals surface area (Å²) in [5, 5.41) is 7.04. The molecule has 2 N–H and O–H groups in total. The van der Waals surface area contributed by atoms with Crippen LogP contribution in [-0.4, -0.2) is 52.0 Å². The summed E-state index contributed by atoms with van der Waals surface area (Å²) in [7, 11) is 0. The fourth-order valence-corrected chi connectivity index (χ4v) is 4.14. The number of nitrogens with zero attached hydrogens (tertiary/aromatic N) is 4. The van der Waals surface area contributed by atoms with Gasteiger partial charge in [0.2, 0.25) is 0 Å². The zero-order valence-corrected chi connectivity index (χ0v) is 20.7. The molecule has 1 fully saturated rings. The van der Waals surface area contributed by atoms with E-state index in [-0.39, 0.29) is 24.0 Å². The largest absolute Gasteiger partial charge is 0.357 e. The zero-order chi connectivity index (χ0) is 20.8.